The van der Waals surface area contributed by atoms with Gasteiger partial charge in [-0.1, -0.05) is 49.0 Å². The van der Waals surface area contributed by atoms with Gasteiger partial charge in [-0.2, -0.15) is 0 Å². The highest BCUT2D eigenvalue weighted by molar-refractivity contribution is 7.98. The molecule has 0 N–H and O–H groups in total. The number of carbonyl (C=O) groups is 1. The zero-order valence-electron chi connectivity index (χ0n) is 17.3. The zero-order valence-corrected chi connectivity index (χ0v) is 18.9. The van der Waals surface area contributed by atoms with Crippen molar-refractivity contribution in [2.45, 2.75) is 37.7 Å². The van der Waals surface area contributed by atoms with Crippen LogP contribution in [-0.2, 0) is 17.1 Å². The minimum atomic E-state index is -0.0901. The molecule has 4 rings (SSSR count). The molecule has 0 aliphatic carbocycles. The SMILES string of the molecule is CCCn1c(SCc2csc(N(C(C)=O)c3ccccc3)n2)nc2ccccc2c1=O. The van der Waals surface area contributed by atoms with Crippen LogP contribution in [0.3, 0.4) is 0 Å². The summed E-state index contributed by atoms with van der Waals surface area (Å²) in [5.74, 6) is 0.471. The predicted molar refractivity (Wildman–Crippen MR) is 127 cm³/mol. The lowest BCUT2D eigenvalue weighted by atomic mass is 10.2. The number of para-hydroxylation sites is 2. The van der Waals surface area contributed by atoms with Crippen molar-refractivity contribution in [3.8, 4) is 0 Å². The van der Waals surface area contributed by atoms with E-state index in [0.29, 0.717) is 33.5 Å². The largest absolute Gasteiger partial charge is 0.287 e. The van der Waals surface area contributed by atoms with E-state index in [9.17, 15) is 9.59 Å². The fourth-order valence-corrected chi connectivity index (χ4v) is 5.20. The lowest BCUT2D eigenvalue weighted by molar-refractivity contribution is -0.115. The van der Waals surface area contributed by atoms with E-state index in [2.05, 4.69) is 4.98 Å². The molecular formula is C23H22N4O2S2. The molecule has 0 radical (unpaired) electrons. The number of hydrogen-bond donors (Lipinski definition) is 0. The summed E-state index contributed by atoms with van der Waals surface area (Å²) in [4.78, 5) is 36.2. The van der Waals surface area contributed by atoms with Crippen LogP contribution < -0.4 is 10.5 Å². The highest BCUT2D eigenvalue weighted by Gasteiger charge is 2.18. The third kappa shape index (κ3) is 4.55. The van der Waals surface area contributed by atoms with Crippen LogP contribution in [0.5, 0.6) is 0 Å². The first-order chi connectivity index (χ1) is 15.1. The van der Waals surface area contributed by atoms with Crippen LogP contribution in [0.25, 0.3) is 10.9 Å². The summed E-state index contributed by atoms with van der Waals surface area (Å²) in [7, 11) is 0. The minimum absolute atomic E-state index is 0.0132. The fraction of sp³-hybridized carbons (Fsp3) is 0.217. The van der Waals surface area contributed by atoms with E-state index in [1.807, 2.05) is 66.9 Å². The number of nitrogens with zero attached hydrogens (tertiary/aromatic N) is 4. The van der Waals surface area contributed by atoms with Gasteiger partial charge in [0.1, 0.15) is 0 Å². The first-order valence-electron chi connectivity index (χ1n) is 10.0. The van der Waals surface area contributed by atoms with Gasteiger partial charge in [-0.05, 0) is 30.7 Å². The van der Waals surface area contributed by atoms with Crippen molar-refractivity contribution in [1.29, 1.82) is 0 Å². The van der Waals surface area contributed by atoms with E-state index >= 15 is 0 Å². The van der Waals surface area contributed by atoms with Gasteiger partial charge in [0.15, 0.2) is 10.3 Å². The molecule has 0 aliphatic heterocycles. The van der Waals surface area contributed by atoms with Crippen LogP contribution in [0.4, 0.5) is 10.8 Å². The van der Waals surface area contributed by atoms with E-state index in [-0.39, 0.29) is 11.5 Å². The van der Waals surface area contributed by atoms with Crippen LogP contribution in [0.1, 0.15) is 26.0 Å². The summed E-state index contributed by atoms with van der Waals surface area (Å²) in [6.45, 7) is 4.20. The molecule has 0 saturated heterocycles. The number of rotatable bonds is 7. The van der Waals surface area contributed by atoms with Crippen molar-refractivity contribution >= 4 is 50.7 Å². The number of carbonyl (C=O) groups excluding carboxylic acids is 1. The van der Waals surface area contributed by atoms with Crippen LogP contribution in [0, 0.1) is 0 Å². The predicted octanol–water partition coefficient (Wildman–Crippen LogP) is 5.24. The van der Waals surface area contributed by atoms with Crippen LogP contribution in [0.15, 0.2) is 69.9 Å². The normalized spacial score (nSPS) is 11.0. The highest BCUT2D eigenvalue weighted by Crippen LogP contribution is 2.31. The molecule has 0 spiro atoms. The second-order valence-corrected chi connectivity index (χ2v) is 8.75. The highest BCUT2D eigenvalue weighted by atomic mass is 32.2. The molecule has 2 aromatic heterocycles. The number of amides is 1. The molecule has 0 atom stereocenters. The Morgan fingerprint density at radius 1 is 1.10 bits per heavy atom. The summed E-state index contributed by atoms with van der Waals surface area (Å²) >= 11 is 2.92. The first kappa shape index (κ1) is 21.3. The van der Waals surface area contributed by atoms with Gasteiger partial charge < -0.3 is 0 Å². The van der Waals surface area contributed by atoms with Crippen molar-refractivity contribution in [2.24, 2.45) is 0 Å². The maximum Gasteiger partial charge on any atom is 0.262 e. The zero-order chi connectivity index (χ0) is 21.8. The molecule has 1 amide bonds. The molecule has 0 aliphatic rings. The summed E-state index contributed by atoms with van der Waals surface area (Å²) in [5.41, 5.74) is 2.32. The summed E-state index contributed by atoms with van der Waals surface area (Å²) in [5, 5.41) is 3.90. The van der Waals surface area contributed by atoms with Gasteiger partial charge in [-0.25, -0.2) is 9.97 Å². The van der Waals surface area contributed by atoms with Gasteiger partial charge in [-0.3, -0.25) is 19.1 Å². The van der Waals surface area contributed by atoms with Crippen LogP contribution in [-0.4, -0.2) is 20.4 Å². The Hall–Kier alpha value is -2.97. The molecule has 4 aromatic rings. The quantitative estimate of drug-likeness (QED) is 0.284. The number of thiazole rings is 1. The molecule has 6 nitrogen and oxygen atoms in total. The Kier molecular flexibility index (Phi) is 6.48. The number of benzene rings is 2. The van der Waals surface area contributed by atoms with Crippen LogP contribution >= 0.6 is 23.1 Å². The van der Waals surface area contributed by atoms with Gasteiger partial charge in [0.25, 0.3) is 5.56 Å². The van der Waals surface area contributed by atoms with E-state index in [0.717, 1.165) is 17.8 Å². The van der Waals surface area contributed by atoms with Crippen molar-refractivity contribution in [1.82, 2.24) is 14.5 Å². The Labute approximate surface area is 188 Å². The second-order valence-electron chi connectivity index (χ2n) is 6.97. The van der Waals surface area contributed by atoms with E-state index in [1.54, 1.807) is 9.47 Å². The second kappa shape index (κ2) is 9.45. The van der Waals surface area contributed by atoms with Crippen molar-refractivity contribution in [3.05, 3.63) is 76.0 Å². The summed E-state index contributed by atoms with van der Waals surface area (Å²) < 4.78 is 1.74. The Morgan fingerprint density at radius 2 is 1.84 bits per heavy atom. The molecule has 0 unspecified atom stereocenters. The lowest BCUT2D eigenvalue weighted by Crippen LogP contribution is -2.23. The van der Waals surface area contributed by atoms with Gasteiger partial charge in [0.05, 0.1) is 22.3 Å². The Bertz CT molecular complexity index is 1270. The maximum atomic E-state index is 12.9. The molecular weight excluding hydrogens is 428 g/mol. The molecule has 2 heterocycles. The third-order valence-corrected chi connectivity index (χ3v) is 6.57. The van der Waals surface area contributed by atoms with Gasteiger partial charge in [-0.15, -0.1) is 11.3 Å². The Morgan fingerprint density at radius 3 is 2.58 bits per heavy atom. The summed E-state index contributed by atoms with van der Waals surface area (Å²) in [6.07, 6.45) is 0.846. The molecule has 0 fully saturated rings. The standard InChI is InChI=1S/C23H22N4O2S2/c1-3-13-26-21(29)19-11-7-8-12-20(19)25-22(26)30-14-17-15-31-23(24-17)27(16(2)28)18-9-5-4-6-10-18/h4-12,15H,3,13-14H2,1-2H3. The average molecular weight is 451 g/mol. The van der Waals surface area contributed by atoms with Crippen molar-refractivity contribution in [2.75, 3.05) is 4.90 Å². The lowest BCUT2D eigenvalue weighted by Gasteiger charge is -2.17. The minimum Gasteiger partial charge on any atom is -0.287 e. The molecule has 158 valence electrons. The number of hydrogen-bond acceptors (Lipinski definition) is 6. The van der Waals surface area contributed by atoms with Gasteiger partial charge in [0.2, 0.25) is 5.91 Å². The number of fused-ring (bicyclic) bond motifs is 1. The van der Waals surface area contributed by atoms with E-state index < -0.39 is 0 Å². The van der Waals surface area contributed by atoms with Crippen molar-refractivity contribution in [3.63, 3.8) is 0 Å². The number of anilines is 2. The van der Waals surface area contributed by atoms with Crippen LogP contribution in [0.2, 0.25) is 0 Å². The molecule has 0 bridgehead atoms. The number of thioether (sulfide) groups is 1. The molecule has 2 aromatic carbocycles. The van der Waals surface area contributed by atoms with E-state index in [1.165, 1.54) is 30.0 Å². The Balaban J connectivity index is 1.60. The fourth-order valence-electron chi connectivity index (χ4n) is 3.29. The van der Waals surface area contributed by atoms with Gasteiger partial charge >= 0.3 is 0 Å². The third-order valence-electron chi connectivity index (χ3n) is 4.68. The molecule has 8 heteroatoms. The number of aromatic nitrogens is 3. The monoisotopic (exact) mass is 450 g/mol. The molecule has 0 saturated carbocycles. The first-order valence-corrected chi connectivity index (χ1v) is 11.9. The van der Waals surface area contributed by atoms with Crippen molar-refractivity contribution < 1.29 is 4.79 Å². The summed E-state index contributed by atoms with van der Waals surface area (Å²) in [6, 6.07) is 16.9. The smallest absolute Gasteiger partial charge is 0.262 e. The maximum absolute atomic E-state index is 12.9. The molecule has 31 heavy (non-hydrogen) atoms. The average Bonchev–Trinajstić information content (AvgIpc) is 3.23. The van der Waals surface area contributed by atoms with Gasteiger partial charge in [0, 0.05) is 24.6 Å². The van der Waals surface area contributed by atoms with E-state index in [4.69, 9.17) is 4.98 Å². The topological polar surface area (TPSA) is 68.1 Å².